The molecule has 2 aromatic heterocycles. The van der Waals surface area contributed by atoms with E-state index < -0.39 is 0 Å². The summed E-state index contributed by atoms with van der Waals surface area (Å²) in [4.78, 5) is 16.5. The number of carbonyl (C=O) groups is 1. The van der Waals surface area contributed by atoms with Crippen LogP contribution in [0.3, 0.4) is 0 Å². The molecule has 1 N–H and O–H groups in total. The largest absolute Gasteiger partial charge is 0.352 e. The molecule has 0 bridgehead atoms. The number of anilines is 2. The zero-order chi connectivity index (χ0) is 18.6. The first-order valence-corrected chi connectivity index (χ1v) is 9.04. The van der Waals surface area contributed by atoms with Gasteiger partial charge in [-0.3, -0.25) is 0 Å². The van der Waals surface area contributed by atoms with E-state index in [0.29, 0.717) is 13.1 Å². The zero-order valence-electron chi connectivity index (χ0n) is 15.2. The minimum atomic E-state index is -0.0608. The first-order chi connectivity index (χ1) is 13.2. The van der Waals surface area contributed by atoms with Gasteiger partial charge in [0.15, 0.2) is 11.6 Å². The van der Waals surface area contributed by atoms with Crippen LogP contribution in [0.1, 0.15) is 5.56 Å². The van der Waals surface area contributed by atoms with E-state index in [1.54, 1.807) is 0 Å². The van der Waals surface area contributed by atoms with Crippen LogP contribution in [-0.2, 0) is 0 Å². The van der Waals surface area contributed by atoms with Crippen LogP contribution in [0.4, 0.5) is 16.3 Å². The van der Waals surface area contributed by atoms with Crippen molar-refractivity contribution in [2.24, 2.45) is 0 Å². The predicted octanol–water partition coefficient (Wildman–Crippen LogP) is 2.93. The Morgan fingerprint density at radius 3 is 2.30 bits per heavy atom. The number of amides is 2. The Morgan fingerprint density at radius 1 is 0.926 bits per heavy atom. The molecule has 138 valence electrons. The number of nitrogens with zero attached hydrogens (tertiary/aromatic N) is 5. The fraction of sp³-hybridized carbons (Fsp3) is 0.250. The van der Waals surface area contributed by atoms with Gasteiger partial charge >= 0.3 is 6.03 Å². The van der Waals surface area contributed by atoms with Crippen molar-refractivity contribution in [3.05, 3.63) is 66.5 Å². The molecular weight excluding hydrogens is 340 g/mol. The highest BCUT2D eigenvalue weighted by Gasteiger charge is 2.22. The van der Waals surface area contributed by atoms with Gasteiger partial charge in [0.2, 0.25) is 0 Å². The number of rotatable bonds is 3. The van der Waals surface area contributed by atoms with E-state index in [1.807, 2.05) is 77.3 Å². The molecule has 27 heavy (non-hydrogen) atoms. The lowest BCUT2D eigenvalue weighted by molar-refractivity contribution is 0.208. The van der Waals surface area contributed by atoms with Crippen LogP contribution in [0.5, 0.6) is 0 Å². The number of aromatic nitrogens is 3. The molecule has 0 saturated carbocycles. The molecule has 1 aliphatic rings. The summed E-state index contributed by atoms with van der Waals surface area (Å²) in [5.74, 6) is 1.63. The smallest absolute Gasteiger partial charge is 0.321 e. The maximum Gasteiger partial charge on any atom is 0.321 e. The molecule has 3 aromatic rings. The van der Waals surface area contributed by atoms with Gasteiger partial charge in [0.05, 0.1) is 0 Å². The second kappa shape index (κ2) is 7.49. The van der Waals surface area contributed by atoms with Crippen LogP contribution in [-0.4, -0.2) is 51.9 Å². The van der Waals surface area contributed by atoms with E-state index in [0.717, 1.165) is 36.0 Å². The zero-order valence-corrected chi connectivity index (χ0v) is 15.2. The molecule has 0 atom stereocenters. The van der Waals surface area contributed by atoms with E-state index in [1.165, 1.54) is 0 Å². The van der Waals surface area contributed by atoms with Crippen molar-refractivity contribution in [2.45, 2.75) is 6.92 Å². The number of urea groups is 1. The molecule has 0 unspecified atom stereocenters. The number of aryl methyl sites for hydroxylation is 1. The molecule has 7 nitrogen and oxygen atoms in total. The normalized spacial score (nSPS) is 14.3. The Kier molecular flexibility index (Phi) is 4.74. The molecule has 1 aromatic carbocycles. The monoisotopic (exact) mass is 362 g/mol. The number of nitrogens with one attached hydrogen (secondary N) is 1. The van der Waals surface area contributed by atoms with E-state index in [4.69, 9.17) is 0 Å². The average molecular weight is 362 g/mol. The highest BCUT2D eigenvalue weighted by Crippen LogP contribution is 2.16. The lowest BCUT2D eigenvalue weighted by Gasteiger charge is -2.35. The van der Waals surface area contributed by atoms with Gasteiger partial charge in [-0.15, -0.1) is 10.2 Å². The molecule has 1 saturated heterocycles. The predicted molar refractivity (Wildman–Crippen MR) is 105 cm³/mol. The van der Waals surface area contributed by atoms with E-state index in [-0.39, 0.29) is 6.03 Å². The summed E-state index contributed by atoms with van der Waals surface area (Å²) in [6.07, 6.45) is 3.88. The highest BCUT2D eigenvalue weighted by atomic mass is 16.2. The van der Waals surface area contributed by atoms with Crippen molar-refractivity contribution >= 4 is 17.5 Å². The average Bonchev–Trinajstić information content (AvgIpc) is 3.23. The Hall–Kier alpha value is -3.35. The number of benzene rings is 1. The number of hydrogen-bond donors (Lipinski definition) is 1. The molecule has 7 heteroatoms. The number of carbonyl (C=O) groups excluding carboxylic acids is 1. The van der Waals surface area contributed by atoms with E-state index >= 15 is 0 Å². The van der Waals surface area contributed by atoms with E-state index in [2.05, 4.69) is 20.4 Å². The van der Waals surface area contributed by atoms with Crippen molar-refractivity contribution < 1.29 is 4.79 Å². The first-order valence-electron chi connectivity index (χ1n) is 9.04. The topological polar surface area (TPSA) is 66.3 Å². The SMILES string of the molecule is Cc1cccc(NC(=O)N2CCN(c3ccc(-n4cccc4)nn3)CC2)c1. The summed E-state index contributed by atoms with van der Waals surface area (Å²) in [6.45, 7) is 4.78. The van der Waals surface area contributed by atoms with E-state index in [9.17, 15) is 4.79 Å². The van der Waals surface area contributed by atoms with Crippen molar-refractivity contribution in [1.82, 2.24) is 19.7 Å². The summed E-state index contributed by atoms with van der Waals surface area (Å²) in [5.41, 5.74) is 1.95. The first kappa shape index (κ1) is 17.1. The molecule has 0 spiro atoms. The van der Waals surface area contributed by atoms with Gasteiger partial charge in [0.25, 0.3) is 0 Å². The maximum atomic E-state index is 12.5. The summed E-state index contributed by atoms with van der Waals surface area (Å²) >= 11 is 0. The van der Waals surface area contributed by atoms with Gasteiger partial charge in [0.1, 0.15) is 0 Å². The maximum absolute atomic E-state index is 12.5. The van der Waals surface area contributed by atoms with Gasteiger partial charge in [-0.1, -0.05) is 12.1 Å². The number of piperazine rings is 1. The minimum absolute atomic E-state index is 0.0608. The Morgan fingerprint density at radius 2 is 1.63 bits per heavy atom. The Balaban J connectivity index is 1.34. The van der Waals surface area contributed by atoms with Gasteiger partial charge in [-0.25, -0.2) is 4.79 Å². The molecule has 1 aliphatic heterocycles. The summed E-state index contributed by atoms with van der Waals surface area (Å²) in [6, 6.07) is 15.6. The Bertz CT molecular complexity index is 898. The van der Waals surface area contributed by atoms with Crippen LogP contribution in [0.15, 0.2) is 60.9 Å². The van der Waals surface area contributed by atoms with Crippen LogP contribution in [0.25, 0.3) is 5.82 Å². The molecule has 3 heterocycles. The Labute approximate surface area is 158 Å². The minimum Gasteiger partial charge on any atom is -0.352 e. The quantitative estimate of drug-likeness (QED) is 0.778. The third kappa shape index (κ3) is 3.92. The van der Waals surface area contributed by atoms with Crippen LogP contribution >= 0.6 is 0 Å². The summed E-state index contributed by atoms with van der Waals surface area (Å²) in [7, 11) is 0. The second-order valence-electron chi connectivity index (χ2n) is 6.61. The third-order valence-corrected chi connectivity index (χ3v) is 4.67. The molecule has 1 fully saturated rings. The molecular formula is C20H22N6O. The fourth-order valence-corrected chi connectivity index (χ4v) is 3.18. The molecule has 4 rings (SSSR count). The van der Waals surface area contributed by atoms with Crippen LogP contribution in [0.2, 0.25) is 0 Å². The summed E-state index contributed by atoms with van der Waals surface area (Å²) in [5, 5.41) is 11.6. The lowest BCUT2D eigenvalue weighted by Crippen LogP contribution is -2.50. The van der Waals surface area contributed by atoms with Crippen LogP contribution < -0.4 is 10.2 Å². The third-order valence-electron chi connectivity index (χ3n) is 4.67. The van der Waals surface area contributed by atoms with Crippen molar-refractivity contribution in [1.29, 1.82) is 0 Å². The fourth-order valence-electron chi connectivity index (χ4n) is 3.18. The van der Waals surface area contributed by atoms with Gasteiger partial charge in [0, 0.05) is 44.3 Å². The molecule has 0 radical (unpaired) electrons. The second-order valence-corrected chi connectivity index (χ2v) is 6.61. The van der Waals surface area contributed by atoms with Crippen molar-refractivity contribution in [2.75, 3.05) is 36.4 Å². The molecule has 2 amide bonds. The van der Waals surface area contributed by atoms with Gasteiger partial charge in [-0.2, -0.15) is 0 Å². The van der Waals surface area contributed by atoms with Crippen molar-refractivity contribution in [3.8, 4) is 5.82 Å². The van der Waals surface area contributed by atoms with Gasteiger partial charge in [-0.05, 0) is 48.9 Å². The number of hydrogen-bond acceptors (Lipinski definition) is 4. The highest BCUT2D eigenvalue weighted by molar-refractivity contribution is 5.89. The summed E-state index contributed by atoms with van der Waals surface area (Å²) < 4.78 is 1.92. The lowest BCUT2D eigenvalue weighted by atomic mass is 10.2. The van der Waals surface area contributed by atoms with Gasteiger partial charge < -0.3 is 19.7 Å². The molecule has 0 aliphatic carbocycles. The van der Waals surface area contributed by atoms with Crippen molar-refractivity contribution in [3.63, 3.8) is 0 Å². The van der Waals surface area contributed by atoms with Crippen LogP contribution in [0, 0.1) is 6.92 Å². The standard InChI is InChI=1S/C20H22N6O/c1-16-5-4-6-17(15-16)21-20(27)26-13-11-25(12-14-26)19-8-7-18(22-23-19)24-9-2-3-10-24/h2-10,15H,11-14H2,1H3,(H,21,27).